The molecule has 5 radical (unpaired) electrons. The number of hydrogen-bond donors (Lipinski definition) is 1. The molecule has 0 unspecified atom stereocenters. The Morgan fingerprint density at radius 3 is 1.22 bits per heavy atom. The minimum absolute atomic E-state index is 0.590. The van der Waals surface area contributed by atoms with E-state index in [0.717, 1.165) is 5.69 Å². The van der Waals surface area contributed by atoms with Crippen LogP contribution in [0.25, 0.3) is 5.48 Å². The molecule has 1 aliphatic rings. The van der Waals surface area contributed by atoms with Crippen molar-refractivity contribution in [2.45, 2.75) is 34.6 Å². The average molecular weight is 595 g/mol. The van der Waals surface area contributed by atoms with Gasteiger partial charge in [-0.15, -0.1) is 5.69 Å². The molecule has 0 spiro atoms. The van der Waals surface area contributed by atoms with Gasteiger partial charge in [-0.3, -0.25) is 0 Å². The second-order valence-corrected chi connectivity index (χ2v) is 7.72. The van der Waals surface area contributed by atoms with Crippen molar-refractivity contribution in [3.63, 3.8) is 0 Å². The minimum atomic E-state index is 0.590. The van der Waals surface area contributed by atoms with Gasteiger partial charge < -0.3 is 10.7 Å². The molecule has 0 atom stereocenters. The van der Waals surface area contributed by atoms with Crippen molar-refractivity contribution in [1.29, 1.82) is 0 Å². The first-order valence-corrected chi connectivity index (χ1v) is 11.6. The number of hydrogen-bond acceptors (Lipinski definition) is 2. The fourth-order valence-electron chi connectivity index (χ4n) is 2.73. The van der Waals surface area contributed by atoms with Crippen LogP contribution in [0, 0.1) is 35.7 Å². The Morgan fingerprint density at radius 1 is 0.625 bits per heavy atom. The Balaban J connectivity index is 0.000000216. The van der Waals surface area contributed by atoms with Crippen LogP contribution in [0.4, 0.5) is 11.4 Å². The molecule has 1 N–H and O–H groups in total. The summed E-state index contributed by atoms with van der Waals surface area (Å²) in [6.45, 7) is 11.0. The van der Waals surface area contributed by atoms with E-state index in [9.17, 15) is 0 Å². The maximum atomic E-state index is 8.16. The van der Waals surface area contributed by atoms with Crippen LogP contribution in [0.3, 0.4) is 0 Å². The summed E-state index contributed by atoms with van der Waals surface area (Å²) in [6.07, 6.45) is 0. The molecular weight excluding hydrogens is 564 g/mol. The molecule has 3 aromatic rings. The molecule has 1 aliphatic carbocycles. The fourth-order valence-corrected chi connectivity index (χ4v) is 3.17. The summed E-state index contributed by atoms with van der Waals surface area (Å²) in [5, 5.41) is 8.16. The Morgan fingerprint density at radius 2 is 1.00 bits per heavy atom. The van der Waals surface area contributed by atoms with Gasteiger partial charge in [0.25, 0.3) is 0 Å². The van der Waals surface area contributed by atoms with Gasteiger partial charge in [0.1, 0.15) is 0 Å². The van der Waals surface area contributed by atoms with E-state index in [0.29, 0.717) is 5.69 Å². The molecule has 3 aromatic carbocycles. The zero-order chi connectivity index (χ0) is 23.8. The molecular formula is C28H31N2OW-2. The predicted octanol–water partition coefficient (Wildman–Crippen LogP) is 8.59. The summed E-state index contributed by atoms with van der Waals surface area (Å²) in [6, 6.07) is 31.4. The third-order valence-corrected chi connectivity index (χ3v) is 5.91. The molecule has 0 heterocycles. The van der Waals surface area contributed by atoms with Gasteiger partial charge in [0.2, 0.25) is 0 Å². The van der Waals surface area contributed by atoms with Crippen LogP contribution < -0.4 is 0 Å². The van der Waals surface area contributed by atoms with Crippen molar-refractivity contribution in [3.8, 4) is 0 Å². The normalized spacial score (nSPS) is 14.7. The van der Waals surface area contributed by atoms with E-state index < -0.39 is 0 Å². The number of benzene rings is 3. The molecule has 0 aliphatic heterocycles. The summed E-state index contributed by atoms with van der Waals surface area (Å²) >= 11 is 1.26. The van der Waals surface area contributed by atoms with E-state index in [-0.39, 0.29) is 0 Å². The molecule has 167 valence electrons. The van der Waals surface area contributed by atoms with Crippen molar-refractivity contribution >= 4 is 11.4 Å². The quantitative estimate of drug-likeness (QED) is 0.234. The molecule has 0 bridgehead atoms. The predicted molar refractivity (Wildman–Crippen MR) is 130 cm³/mol. The zero-order valence-electron chi connectivity index (χ0n) is 19.4. The van der Waals surface area contributed by atoms with Crippen LogP contribution in [0.5, 0.6) is 0 Å². The summed E-state index contributed by atoms with van der Waals surface area (Å²) in [4.78, 5) is 0. The van der Waals surface area contributed by atoms with Crippen molar-refractivity contribution in [2.24, 2.45) is 3.50 Å². The third-order valence-electron chi connectivity index (χ3n) is 5.15. The first-order chi connectivity index (χ1) is 15.4. The van der Waals surface area contributed by atoms with Crippen LogP contribution in [-0.2, 0) is 19.6 Å². The number of rotatable bonds is 2. The second kappa shape index (κ2) is 16.5. The van der Waals surface area contributed by atoms with Gasteiger partial charge in [0.15, 0.2) is 0 Å². The van der Waals surface area contributed by atoms with Gasteiger partial charge in [-0.2, -0.15) is 36.4 Å². The molecule has 0 saturated heterocycles. The molecule has 0 amide bonds. The zero-order valence-corrected chi connectivity index (χ0v) is 22.3. The minimum Gasteiger partial charge on any atom is -0.184 e. The van der Waals surface area contributed by atoms with E-state index in [2.05, 4.69) is 49.7 Å². The Kier molecular flexibility index (Phi) is 14.4. The van der Waals surface area contributed by atoms with E-state index in [1.807, 2.05) is 78.9 Å². The van der Waals surface area contributed by atoms with E-state index >= 15 is 0 Å². The Hall–Kier alpha value is -2.09. The van der Waals surface area contributed by atoms with Gasteiger partial charge in [-0.25, -0.2) is 0 Å². The van der Waals surface area contributed by atoms with Crippen molar-refractivity contribution in [3.05, 3.63) is 132 Å². The number of para-hydroxylation sites is 1. The summed E-state index contributed by atoms with van der Waals surface area (Å²) in [7, 11) is 0. The standard InChI is InChI=1S/C10H15.C6H6NO.C6H5N.C6H5.W/c1-6-7(2)9(4)10(5)8(6)3;8-7-6-4-2-1-3-5-6;7-6-4-2-1-3-5-6;1-2-4-6-5-3-1;/h1-5H3;1-5,8H;1-5H;1-5H;/q;-1;;-1;. The third kappa shape index (κ3) is 10.5. The Bertz CT molecular complexity index is 758. The van der Waals surface area contributed by atoms with Gasteiger partial charge in [0.05, 0.1) is 0 Å². The summed E-state index contributed by atoms with van der Waals surface area (Å²) in [5.74, 6) is 7.34. The van der Waals surface area contributed by atoms with E-state index in [1.54, 1.807) is 12.1 Å². The van der Waals surface area contributed by atoms with Crippen LogP contribution in [0.15, 0.2) is 94.5 Å². The van der Waals surface area contributed by atoms with Gasteiger partial charge in [0, 0.05) is 0 Å². The smallest absolute Gasteiger partial charge is 0.171 e. The first kappa shape index (κ1) is 27.9. The van der Waals surface area contributed by atoms with Crippen LogP contribution >= 0.6 is 0 Å². The molecule has 1 fully saturated rings. The van der Waals surface area contributed by atoms with Crippen molar-refractivity contribution in [1.82, 2.24) is 0 Å². The molecule has 3 nitrogen and oxygen atoms in total. The molecule has 0 aromatic heterocycles. The summed E-state index contributed by atoms with van der Waals surface area (Å²) in [5.41, 5.74) is 4.63. The van der Waals surface area contributed by atoms with Gasteiger partial charge in [-0.1, -0.05) is 65.0 Å². The number of nitrogens with zero attached hydrogens (tertiary/aromatic N) is 2. The van der Waals surface area contributed by atoms with Gasteiger partial charge in [-0.05, 0) is 29.6 Å². The van der Waals surface area contributed by atoms with Crippen LogP contribution in [0.1, 0.15) is 34.6 Å². The van der Waals surface area contributed by atoms with Gasteiger partial charge >= 0.3 is 59.1 Å². The average Bonchev–Trinajstić information content (AvgIpc) is 3.04. The second-order valence-electron chi connectivity index (χ2n) is 7.06. The topological polar surface area (TPSA) is 46.7 Å². The van der Waals surface area contributed by atoms with Crippen LogP contribution in [-0.4, -0.2) is 5.21 Å². The Labute approximate surface area is 206 Å². The van der Waals surface area contributed by atoms with Crippen molar-refractivity contribution < 1.29 is 24.8 Å². The van der Waals surface area contributed by atoms with Crippen molar-refractivity contribution in [2.75, 3.05) is 0 Å². The van der Waals surface area contributed by atoms with E-state index in [1.165, 1.54) is 49.2 Å². The maximum Gasteiger partial charge on any atom is -0.171 e. The molecule has 1 saturated carbocycles. The van der Waals surface area contributed by atoms with Crippen LogP contribution in [0.2, 0.25) is 0 Å². The summed E-state index contributed by atoms with van der Waals surface area (Å²) < 4.78 is 4.05. The maximum absolute atomic E-state index is 8.16. The molecule has 4 heteroatoms. The largest absolute Gasteiger partial charge is 0.184 e. The monoisotopic (exact) mass is 595 g/mol. The first-order valence-electron chi connectivity index (χ1n) is 10.3. The SMILES string of the molecule is C[C]1[C](C)[C](C)[C](C)[C]1C.O[N-]c1ccccc1.[W]=[N]c1ccccc1.[c-]1ccccc1. The fraction of sp³-hybridized carbons (Fsp3) is 0.179. The molecule has 32 heavy (non-hydrogen) atoms. The molecule has 4 rings (SSSR count). The van der Waals surface area contributed by atoms with E-state index in [4.69, 9.17) is 5.21 Å².